The van der Waals surface area contributed by atoms with Gasteiger partial charge in [-0.1, -0.05) is 11.3 Å². The fourth-order valence-electron chi connectivity index (χ4n) is 3.44. The molecule has 0 spiro atoms. The van der Waals surface area contributed by atoms with E-state index in [-0.39, 0.29) is 17.7 Å². The minimum absolute atomic E-state index is 0.165. The van der Waals surface area contributed by atoms with Gasteiger partial charge in [0.25, 0.3) is 0 Å². The van der Waals surface area contributed by atoms with E-state index in [1.165, 1.54) is 16.8 Å². The van der Waals surface area contributed by atoms with E-state index in [1.807, 2.05) is 0 Å². The summed E-state index contributed by atoms with van der Waals surface area (Å²) in [5, 5.41) is 19.8. The highest BCUT2D eigenvalue weighted by Gasteiger charge is 2.54. The largest absolute Gasteiger partial charge is 0.481 e. The maximum absolute atomic E-state index is 12.2. The lowest BCUT2D eigenvalue weighted by atomic mass is 9.79. The smallest absolute Gasteiger partial charge is 0.307 e. The van der Waals surface area contributed by atoms with E-state index < -0.39 is 17.8 Å². The second-order valence-electron chi connectivity index (χ2n) is 4.96. The molecule has 4 atom stereocenters. The molecule has 0 aliphatic heterocycles. The van der Waals surface area contributed by atoms with Crippen LogP contribution in [0, 0.1) is 23.7 Å². The molecule has 2 bridgehead atoms. The average molecular weight is 267 g/mol. The summed E-state index contributed by atoms with van der Waals surface area (Å²) in [6, 6.07) is 0. The summed E-state index contributed by atoms with van der Waals surface area (Å²) >= 11 is 1.24. The number of fused-ring (bicyclic) bond motifs is 2. The second kappa shape index (κ2) is 4.31. The van der Waals surface area contributed by atoms with Crippen molar-refractivity contribution in [2.45, 2.75) is 19.3 Å². The van der Waals surface area contributed by atoms with Crippen LogP contribution < -0.4 is 5.32 Å². The van der Waals surface area contributed by atoms with Gasteiger partial charge in [-0.3, -0.25) is 9.59 Å². The third-order valence-electron chi connectivity index (χ3n) is 4.09. The number of carboxylic acid groups (broad SMARTS) is 1. The Morgan fingerprint density at radius 1 is 1.33 bits per heavy atom. The molecule has 1 aromatic rings. The molecule has 18 heavy (non-hydrogen) atoms. The molecule has 1 amide bonds. The van der Waals surface area contributed by atoms with Crippen LogP contribution in [-0.4, -0.2) is 27.2 Å². The SMILES string of the molecule is O=C(O)[C@H]1[C@H]2CC[C@@H](C2)[C@@H]1C(=O)Nc1nncs1. The molecule has 2 N–H and O–H groups in total. The van der Waals surface area contributed by atoms with Crippen LogP contribution in [0.25, 0.3) is 0 Å². The number of aromatic nitrogens is 2. The van der Waals surface area contributed by atoms with Crippen LogP contribution in [0.1, 0.15) is 19.3 Å². The van der Waals surface area contributed by atoms with Gasteiger partial charge in [0.05, 0.1) is 11.8 Å². The highest BCUT2D eigenvalue weighted by molar-refractivity contribution is 7.13. The number of hydrogen-bond donors (Lipinski definition) is 2. The first-order valence-electron chi connectivity index (χ1n) is 5.96. The van der Waals surface area contributed by atoms with E-state index in [2.05, 4.69) is 15.5 Å². The van der Waals surface area contributed by atoms with Crippen molar-refractivity contribution in [3.8, 4) is 0 Å². The zero-order chi connectivity index (χ0) is 12.7. The highest BCUT2D eigenvalue weighted by Crippen LogP contribution is 2.52. The van der Waals surface area contributed by atoms with Crippen molar-refractivity contribution in [1.82, 2.24) is 10.2 Å². The van der Waals surface area contributed by atoms with Crippen molar-refractivity contribution in [2.75, 3.05) is 5.32 Å². The lowest BCUT2D eigenvalue weighted by Gasteiger charge is -2.26. The van der Waals surface area contributed by atoms with Crippen LogP contribution in [0.2, 0.25) is 0 Å². The Morgan fingerprint density at radius 2 is 2.06 bits per heavy atom. The van der Waals surface area contributed by atoms with Gasteiger partial charge in [-0.15, -0.1) is 10.2 Å². The molecular formula is C11H13N3O3S. The number of hydrogen-bond acceptors (Lipinski definition) is 5. The van der Waals surface area contributed by atoms with Gasteiger partial charge in [0, 0.05) is 0 Å². The van der Waals surface area contributed by atoms with Gasteiger partial charge < -0.3 is 10.4 Å². The highest BCUT2D eigenvalue weighted by atomic mass is 32.1. The fraction of sp³-hybridized carbons (Fsp3) is 0.636. The number of carboxylic acids is 1. The Morgan fingerprint density at radius 3 is 2.67 bits per heavy atom. The molecule has 2 fully saturated rings. The molecule has 6 nitrogen and oxygen atoms in total. The van der Waals surface area contributed by atoms with E-state index in [0.717, 1.165) is 19.3 Å². The summed E-state index contributed by atoms with van der Waals surface area (Å²) in [5.41, 5.74) is 1.53. The van der Waals surface area contributed by atoms with Crippen LogP contribution in [0.5, 0.6) is 0 Å². The maximum atomic E-state index is 12.2. The molecule has 1 heterocycles. The van der Waals surface area contributed by atoms with Crippen molar-refractivity contribution in [3.63, 3.8) is 0 Å². The number of nitrogens with one attached hydrogen (secondary N) is 1. The summed E-state index contributed by atoms with van der Waals surface area (Å²) in [6.45, 7) is 0. The lowest BCUT2D eigenvalue weighted by Crippen LogP contribution is -2.37. The lowest BCUT2D eigenvalue weighted by molar-refractivity contribution is -0.148. The van der Waals surface area contributed by atoms with Gasteiger partial charge in [-0.05, 0) is 31.1 Å². The zero-order valence-corrected chi connectivity index (χ0v) is 10.4. The minimum atomic E-state index is -0.848. The number of nitrogens with zero attached hydrogens (tertiary/aromatic N) is 2. The number of carbonyl (C=O) groups excluding carboxylic acids is 1. The summed E-state index contributed by atoms with van der Waals surface area (Å²) in [6.07, 6.45) is 2.76. The average Bonchev–Trinajstić information content (AvgIpc) is 3.03. The van der Waals surface area contributed by atoms with E-state index in [9.17, 15) is 14.7 Å². The Labute approximate surface area is 107 Å². The fourth-order valence-corrected chi connectivity index (χ4v) is 3.89. The summed E-state index contributed by atoms with van der Waals surface area (Å²) in [7, 11) is 0. The molecule has 2 aliphatic rings. The first-order valence-corrected chi connectivity index (χ1v) is 6.84. The minimum Gasteiger partial charge on any atom is -0.481 e. The van der Waals surface area contributed by atoms with Crippen LogP contribution in [-0.2, 0) is 9.59 Å². The molecule has 0 radical (unpaired) electrons. The molecule has 0 unspecified atom stereocenters. The third-order valence-corrected chi connectivity index (χ3v) is 4.70. The van der Waals surface area contributed by atoms with Crippen LogP contribution in [0.15, 0.2) is 5.51 Å². The van der Waals surface area contributed by atoms with Gasteiger partial charge in [0.15, 0.2) is 0 Å². The summed E-state index contributed by atoms with van der Waals surface area (Å²) in [5.74, 6) is -1.63. The van der Waals surface area contributed by atoms with Crippen molar-refractivity contribution >= 4 is 28.3 Å². The number of carbonyl (C=O) groups is 2. The number of amides is 1. The Bertz CT molecular complexity index is 476. The predicted octanol–water partition coefficient (Wildman–Crippen LogP) is 1.22. The molecule has 2 saturated carbocycles. The number of anilines is 1. The molecule has 3 rings (SSSR count). The molecule has 1 aromatic heterocycles. The molecular weight excluding hydrogens is 254 g/mol. The molecule has 7 heteroatoms. The van der Waals surface area contributed by atoms with E-state index in [1.54, 1.807) is 0 Å². The summed E-state index contributed by atoms with van der Waals surface area (Å²) in [4.78, 5) is 23.5. The van der Waals surface area contributed by atoms with Gasteiger partial charge in [-0.2, -0.15) is 0 Å². The topological polar surface area (TPSA) is 92.2 Å². The third kappa shape index (κ3) is 1.78. The zero-order valence-electron chi connectivity index (χ0n) is 9.57. The van der Waals surface area contributed by atoms with E-state index in [4.69, 9.17) is 0 Å². The standard InChI is InChI=1S/C11H13N3O3S/c15-9(13-11-14-12-4-18-11)7-5-1-2-6(3-5)8(7)10(16)17/h4-8H,1-3H2,(H,16,17)(H,13,14,15)/t5-,6-,7-,8-/m0/s1. The van der Waals surface area contributed by atoms with Crippen molar-refractivity contribution < 1.29 is 14.7 Å². The first-order chi connectivity index (χ1) is 8.66. The molecule has 0 aromatic carbocycles. The predicted molar refractivity (Wildman–Crippen MR) is 64.0 cm³/mol. The second-order valence-corrected chi connectivity index (χ2v) is 5.79. The van der Waals surface area contributed by atoms with Crippen LogP contribution >= 0.6 is 11.3 Å². The van der Waals surface area contributed by atoms with Crippen molar-refractivity contribution in [1.29, 1.82) is 0 Å². The van der Waals surface area contributed by atoms with Gasteiger partial charge in [-0.25, -0.2) is 0 Å². The van der Waals surface area contributed by atoms with Crippen LogP contribution in [0.3, 0.4) is 0 Å². The quantitative estimate of drug-likeness (QED) is 0.859. The monoisotopic (exact) mass is 267 g/mol. The molecule has 96 valence electrons. The van der Waals surface area contributed by atoms with Crippen molar-refractivity contribution in [2.24, 2.45) is 23.7 Å². The molecule has 0 saturated heterocycles. The molecule has 2 aliphatic carbocycles. The maximum Gasteiger partial charge on any atom is 0.307 e. The Kier molecular flexibility index (Phi) is 2.77. The van der Waals surface area contributed by atoms with Gasteiger partial charge >= 0.3 is 5.97 Å². The Balaban J connectivity index is 1.78. The van der Waals surface area contributed by atoms with Crippen LogP contribution in [0.4, 0.5) is 5.13 Å². The normalized spacial score (nSPS) is 33.6. The van der Waals surface area contributed by atoms with E-state index >= 15 is 0 Å². The number of rotatable bonds is 3. The van der Waals surface area contributed by atoms with E-state index in [0.29, 0.717) is 5.13 Å². The first kappa shape index (κ1) is 11.6. The van der Waals surface area contributed by atoms with Gasteiger partial charge in [0.2, 0.25) is 11.0 Å². The van der Waals surface area contributed by atoms with Crippen molar-refractivity contribution in [3.05, 3.63) is 5.51 Å². The Hall–Kier alpha value is -1.50. The van der Waals surface area contributed by atoms with Gasteiger partial charge in [0.1, 0.15) is 5.51 Å². The summed E-state index contributed by atoms with van der Waals surface area (Å²) < 4.78 is 0. The number of aliphatic carboxylic acids is 1.